The summed E-state index contributed by atoms with van der Waals surface area (Å²) in [6, 6.07) is 21.7. The molecule has 0 saturated heterocycles. The molecule has 0 nitrogen and oxygen atoms in total. The van der Waals surface area contributed by atoms with Crippen molar-refractivity contribution in [1.82, 2.24) is 0 Å². The highest BCUT2D eigenvalue weighted by atomic mass is 14.3. The molecular weight excluding hydrogens is 252 g/mol. The minimum absolute atomic E-state index is 1.13. The first-order valence-electron chi connectivity index (χ1n) is 7.90. The summed E-state index contributed by atoms with van der Waals surface area (Å²) >= 11 is 0. The van der Waals surface area contributed by atoms with Gasteiger partial charge in [0.1, 0.15) is 0 Å². The Morgan fingerprint density at radius 3 is 1.33 bits per heavy atom. The molecule has 2 aromatic carbocycles. The Labute approximate surface area is 127 Å². The van der Waals surface area contributed by atoms with E-state index in [-0.39, 0.29) is 0 Å². The average molecular weight is 274 g/mol. The molecule has 0 heteroatoms. The Bertz CT molecular complexity index is 611. The molecular formula is C21H22. The van der Waals surface area contributed by atoms with E-state index in [1.807, 2.05) is 0 Å². The van der Waals surface area contributed by atoms with Crippen molar-refractivity contribution in [3.63, 3.8) is 0 Å². The molecule has 0 amide bonds. The van der Waals surface area contributed by atoms with E-state index in [0.717, 1.165) is 19.3 Å². The van der Waals surface area contributed by atoms with Crippen LogP contribution in [0.1, 0.15) is 44.2 Å². The third kappa shape index (κ3) is 2.58. The van der Waals surface area contributed by atoms with Crippen molar-refractivity contribution < 1.29 is 0 Å². The molecule has 3 rings (SSSR count). The molecule has 1 aliphatic carbocycles. The molecule has 2 aromatic rings. The van der Waals surface area contributed by atoms with Crippen molar-refractivity contribution in [2.45, 2.75) is 33.1 Å². The van der Waals surface area contributed by atoms with E-state index < -0.39 is 0 Å². The van der Waals surface area contributed by atoms with Crippen molar-refractivity contribution in [2.24, 2.45) is 0 Å². The van der Waals surface area contributed by atoms with Gasteiger partial charge in [0.15, 0.2) is 0 Å². The maximum absolute atomic E-state index is 2.28. The monoisotopic (exact) mass is 274 g/mol. The Hall–Kier alpha value is -2.08. The molecule has 0 aromatic heterocycles. The van der Waals surface area contributed by atoms with Crippen molar-refractivity contribution in [3.05, 3.63) is 82.9 Å². The molecule has 0 saturated carbocycles. The van der Waals surface area contributed by atoms with Crippen LogP contribution in [-0.4, -0.2) is 0 Å². The van der Waals surface area contributed by atoms with E-state index in [1.54, 1.807) is 11.1 Å². The fraction of sp³-hybridized carbons (Fsp3) is 0.238. The molecule has 1 aliphatic rings. The molecule has 0 spiro atoms. The number of allylic oxidation sites excluding steroid dienone is 4. The maximum Gasteiger partial charge on any atom is -0.00898 e. The van der Waals surface area contributed by atoms with E-state index in [1.165, 1.54) is 22.3 Å². The van der Waals surface area contributed by atoms with E-state index in [0.29, 0.717) is 0 Å². The molecule has 0 bridgehead atoms. The van der Waals surface area contributed by atoms with Crippen LogP contribution in [-0.2, 0) is 0 Å². The smallest absolute Gasteiger partial charge is 0.00898 e. The summed E-state index contributed by atoms with van der Waals surface area (Å²) in [6.07, 6.45) is 3.40. The van der Waals surface area contributed by atoms with Crippen LogP contribution in [0.4, 0.5) is 0 Å². The molecule has 21 heavy (non-hydrogen) atoms. The first kappa shape index (κ1) is 13.9. The molecule has 0 radical (unpaired) electrons. The van der Waals surface area contributed by atoms with Crippen molar-refractivity contribution in [3.8, 4) is 0 Å². The van der Waals surface area contributed by atoms with Crippen LogP contribution in [0.15, 0.2) is 71.8 Å². The lowest BCUT2D eigenvalue weighted by atomic mass is 9.91. The van der Waals surface area contributed by atoms with Crippen molar-refractivity contribution in [2.75, 3.05) is 0 Å². The SMILES string of the molecule is CCC1=C(c2ccccc2)C(c2ccccc2)=C(CC)C1. The molecule has 106 valence electrons. The average Bonchev–Trinajstić information content (AvgIpc) is 2.95. The number of benzene rings is 2. The van der Waals surface area contributed by atoms with Gasteiger partial charge in [-0.25, -0.2) is 0 Å². The summed E-state index contributed by atoms with van der Waals surface area (Å²) in [5, 5.41) is 0. The van der Waals surface area contributed by atoms with Gasteiger partial charge in [-0.3, -0.25) is 0 Å². The van der Waals surface area contributed by atoms with Crippen LogP contribution in [0.3, 0.4) is 0 Å². The number of hydrogen-bond donors (Lipinski definition) is 0. The molecule has 0 unspecified atom stereocenters. The van der Waals surface area contributed by atoms with E-state index in [4.69, 9.17) is 0 Å². The first-order valence-corrected chi connectivity index (χ1v) is 7.90. The Kier molecular flexibility index (Phi) is 4.06. The Balaban J connectivity index is 2.19. The van der Waals surface area contributed by atoms with Gasteiger partial charge in [-0.2, -0.15) is 0 Å². The van der Waals surface area contributed by atoms with E-state index in [9.17, 15) is 0 Å². The minimum atomic E-state index is 1.13. The van der Waals surface area contributed by atoms with E-state index in [2.05, 4.69) is 74.5 Å². The third-order valence-corrected chi connectivity index (χ3v) is 4.36. The highest BCUT2D eigenvalue weighted by Gasteiger charge is 2.24. The zero-order chi connectivity index (χ0) is 14.7. The summed E-state index contributed by atoms with van der Waals surface area (Å²) < 4.78 is 0. The van der Waals surface area contributed by atoms with Crippen LogP contribution in [0, 0.1) is 0 Å². The van der Waals surface area contributed by atoms with Gasteiger partial charge in [0.05, 0.1) is 0 Å². The summed E-state index contributed by atoms with van der Waals surface area (Å²) in [4.78, 5) is 0. The molecule has 0 aliphatic heterocycles. The Morgan fingerprint density at radius 1 is 0.619 bits per heavy atom. The minimum Gasteiger partial charge on any atom is -0.0622 e. The van der Waals surface area contributed by atoms with Gasteiger partial charge < -0.3 is 0 Å². The topological polar surface area (TPSA) is 0 Å². The summed E-state index contributed by atoms with van der Waals surface area (Å²) in [7, 11) is 0. The molecule has 0 atom stereocenters. The second-order valence-corrected chi connectivity index (χ2v) is 5.57. The number of hydrogen-bond acceptors (Lipinski definition) is 0. The highest BCUT2D eigenvalue weighted by molar-refractivity contribution is 6.09. The van der Waals surface area contributed by atoms with Crippen LogP contribution in [0.25, 0.3) is 11.1 Å². The van der Waals surface area contributed by atoms with Gasteiger partial charge >= 0.3 is 0 Å². The third-order valence-electron chi connectivity index (χ3n) is 4.36. The van der Waals surface area contributed by atoms with Crippen LogP contribution >= 0.6 is 0 Å². The quantitative estimate of drug-likeness (QED) is 0.630. The van der Waals surface area contributed by atoms with Gasteiger partial charge in [0.2, 0.25) is 0 Å². The second-order valence-electron chi connectivity index (χ2n) is 5.57. The second kappa shape index (κ2) is 6.13. The zero-order valence-corrected chi connectivity index (χ0v) is 12.9. The molecule has 0 N–H and O–H groups in total. The summed E-state index contributed by atoms with van der Waals surface area (Å²) in [5.74, 6) is 0. The molecule has 0 fully saturated rings. The lowest BCUT2D eigenvalue weighted by Crippen LogP contribution is -1.91. The van der Waals surface area contributed by atoms with Crippen LogP contribution in [0.5, 0.6) is 0 Å². The van der Waals surface area contributed by atoms with Gasteiger partial charge in [-0.05, 0) is 41.5 Å². The predicted octanol–water partition coefficient (Wildman–Crippen LogP) is 6.12. The largest absolute Gasteiger partial charge is 0.0622 e. The van der Waals surface area contributed by atoms with Gasteiger partial charge in [0.25, 0.3) is 0 Å². The fourth-order valence-electron chi connectivity index (χ4n) is 3.30. The summed E-state index contributed by atoms with van der Waals surface area (Å²) in [6.45, 7) is 4.55. The molecule has 0 heterocycles. The van der Waals surface area contributed by atoms with E-state index >= 15 is 0 Å². The summed E-state index contributed by atoms with van der Waals surface area (Å²) in [5.41, 5.74) is 8.82. The Morgan fingerprint density at radius 2 is 1.00 bits per heavy atom. The van der Waals surface area contributed by atoms with Crippen LogP contribution < -0.4 is 0 Å². The van der Waals surface area contributed by atoms with Crippen molar-refractivity contribution >= 4 is 11.1 Å². The normalized spacial score (nSPS) is 15.0. The predicted molar refractivity (Wildman–Crippen MR) is 91.9 cm³/mol. The fourth-order valence-corrected chi connectivity index (χ4v) is 3.30. The van der Waals surface area contributed by atoms with Gasteiger partial charge in [0, 0.05) is 0 Å². The maximum atomic E-state index is 2.28. The van der Waals surface area contributed by atoms with Gasteiger partial charge in [-0.1, -0.05) is 85.7 Å². The zero-order valence-electron chi connectivity index (χ0n) is 12.9. The van der Waals surface area contributed by atoms with Crippen LogP contribution in [0.2, 0.25) is 0 Å². The van der Waals surface area contributed by atoms with Gasteiger partial charge in [-0.15, -0.1) is 0 Å². The lowest BCUT2D eigenvalue weighted by molar-refractivity contribution is 0.963. The number of rotatable bonds is 4. The highest BCUT2D eigenvalue weighted by Crippen LogP contribution is 2.46. The van der Waals surface area contributed by atoms with Crippen molar-refractivity contribution in [1.29, 1.82) is 0 Å². The lowest BCUT2D eigenvalue weighted by Gasteiger charge is -2.13. The standard InChI is InChI=1S/C21H22/c1-3-16-15-17(4-2)21(19-13-9-6-10-14-19)20(16)18-11-7-5-8-12-18/h5-14H,3-4,15H2,1-2H3. The first-order chi connectivity index (χ1) is 10.3.